The number of Topliss-reactive ketones (excluding diaryl/α,β-unsaturated/α-hetero) is 1. The molecule has 0 aliphatic rings. The van der Waals surface area contributed by atoms with Crippen LogP contribution in [0.2, 0.25) is 10.0 Å². The maximum absolute atomic E-state index is 12.2. The van der Waals surface area contributed by atoms with Crippen LogP contribution in [0.15, 0.2) is 51.8 Å². The summed E-state index contributed by atoms with van der Waals surface area (Å²) in [6, 6.07) is 11.7. The van der Waals surface area contributed by atoms with Crippen LogP contribution in [0.25, 0.3) is 0 Å². The quantitative estimate of drug-likeness (QED) is 0.705. The normalized spacial score (nSPS) is 12.2. The molecule has 1 unspecified atom stereocenters. The molecule has 0 aliphatic heterocycles. The van der Waals surface area contributed by atoms with Crippen LogP contribution in [0.3, 0.4) is 0 Å². The van der Waals surface area contributed by atoms with E-state index in [1.54, 1.807) is 30.3 Å². The minimum Gasteiger partial charge on any atom is -0.293 e. The van der Waals surface area contributed by atoms with Crippen molar-refractivity contribution < 1.29 is 9.00 Å². The van der Waals surface area contributed by atoms with E-state index < -0.39 is 10.8 Å². The van der Waals surface area contributed by atoms with Crippen LogP contribution in [0.5, 0.6) is 0 Å². The molecule has 0 amide bonds. The number of carbonyl (C=O) groups excluding carboxylic acids is 1. The van der Waals surface area contributed by atoms with Crippen molar-refractivity contribution >= 4 is 55.7 Å². The van der Waals surface area contributed by atoms with Gasteiger partial charge in [0.1, 0.15) is 0 Å². The molecule has 0 bridgehead atoms. The summed E-state index contributed by atoms with van der Waals surface area (Å²) in [4.78, 5) is 12.7. The highest BCUT2D eigenvalue weighted by Crippen LogP contribution is 2.22. The van der Waals surface area contributed by atoms with Crippen molar-refractivity contribution in [1.82, 2.24) is 0 Å². The summed E-state index contributed by atoms with van der Waals surface area (Å²) < 4.78 is 13.0. The highest BCUT2D eigenvalue weighted by Gasteiger charge is 2.15. The zero-order chi connectivity index (χ0) is 14.7. The number of rotatable bonds is 4. The van der Waals surface area contributed by atoms with Crippen LogP contribution in [0, 0.1) is 0 Å². The number of benzene rings is 2. The molecular weight excluding hydrogens is 383 g/mol. The van der Waals surface area contributed by atoms with Crippen molar-refractivity contribution in [3.05, 3.63) is 62.5 Å². The zero-order valence-electron chi connectivity index (χ0n) is 10.1. The third-order valence-electron chi connectivity index (χ3n) is 2.55. The second kappa shape index (κ2) is 6.85. The third-order valence-corrected chi connectivity index (χ3v) is 4.91. The van der Waals surface area contributed by atoms with Gasteiger partial charge in [-0.3, -0.25) is 9.00 Å². The Morgan fingerprint density at radius 2 is 1.90 bits per heavy atom. The fourth-order valence-electron chi connectivity index (χ4n) is 1.60. The summed E-state index contributed by atoms with van der Waals surface area (Å²) in [5, 5.41) is 0.733. The van der Waals surface area contributed by atoms with E-state index in [4.69, 9.17) is 23.2 Å². The molecule has 0 aromatic heterocycles. The van der Waals surface area contributed by atoms with Crippen LogP contribution >= 0.6 is 39.1 Å². The van der Waals surface area contributed by atoms with Crippen molar-refractivity contribution in [2.24, 2.45) is 0 Å². The smallest absolute Gasteiger partial charge is 0.177 e. The Morgan fingerprint density at radius 3 is 2.60 bits per heavy atom. The highest BCUT2D eigenvalue weighted by atomic mass is 79.9. The second-order valence-electron chi connectivity index (χ2n) is 3.99. The van der Waals surface area contributed by atoms with Gasteiger partial charge < -0.3 is 0 Å². The van der Waals surface area contributed by atoms with E-state index in [9.17, 15) is 9.00 Å². The lowest BCUT2D eigenvalue weighted by Gasteiger charge is -2.05. The Balaban J connectivity index is 2.19. The maximum Gasteiger partial charge on any atom is 0.177 e. The van der Waals surface area contributed by atoms with Crippen molar-refractivity contribution in [2.75, 3.05) is 5.75 Å². The van der Waals surface area contributed by atoms with Crippen LogP contribution in [-0.4, -0.2) is 15.7 Å². The number of hydrogen-bond acceptors (Lipinski definition) is 2. The molecule has 20 heavy (non-hydrogen) atoms. The summed E-state index contributed by atoms with van der Waals surface area (Å²) >= 11 is 15.1. The molecule has 0 aliphatic carbocycles. The fraction of sp³-hybridized carbons (Fsp3) is 0.0714. The number of hydrogen-bond donors (Lipinski definition) is 0. The average Bonchev–Trinajstić information content (AvgIpc) is 2.41. The molecule has 0 radical (unpaired) electrons. The first-order valence-corrected chi connectivity index (χ1v) is 8.46. The van der Waals surface area contributed by atoms with Crippen LogP contribution in [-0.2, 0) is 10.8 Å². The second-order valence-corrected chi connectivity index (χ2v) is 7.21. The molecule has 104 valence electrons. The number of carbonyl (C=O) groups is 1. The van der Waals surface area contributed by atoms with Crippen LogP contribution < -0.4 is 0 Å². The van der Waals surface area contributed by atoms with Gasteiger partial charge >= 0.3 is 0 Å². The standard InChI is InChI=1S/C14H9BrCl2O2S/c15-9-2-1-3-11(6-9)20(19)8-14(18)12-7-10(16)4-5-13(12)17/h1-7H,8H2. The van der Waals surface area contributed by atoms with Gasteiger partial charge in [-0.05, 0) is 36.4 Å². The maximum atomic E-state index is 12.2. The molecule has 0 N–H and O–H groups in total. The number of ketones is 1. The van der Waals surface area contributed by atoms with Gasteiger partial charge in [-0.2, -0.15) is 0 Å². The van der Waals surface area contributed by atoms with Gasteiger partial charge in [0.05, 0.1) is 21.6 Å². The molecule has 0 saturated carbocycles. The summed E-state index contributed by atoms with van der Waals surface area (Å²) in [7, 11) is -1.42. The Labute approximate surface area is 137 Å². The van der Waals surface area contributed by atoms with Gasteiger partial charge in [0.25, 0.3) is 0 Å². The Kier molecular flexibility index (Phi) is 5.38. The monoisotopic (exact) mass is 390 g/mol. The summed E-state index contributed by atoms with van der Waals surface area (Å²) in [6.07, 6.45) is 0. The van der Waals surface area contributed by atoms with E-state index in [1.807, 2.05) is 6.07 Å². The molecule has 0 fully saturated rings. The average molecular weight is 392 g/mol. The van der Waals surface area contributed by atoms with E-state index in [0.29, 0.717) is 20.5 Å². The summed E-state index contributed by atoms with van der Waals surface area (Å²) in [5.41, 5.74) is 0.294. The SMILES string of the molecule is O=C(CS(=O)c1cccc(Br)c1)c1cc(Cl)ccc1Cl. The van der Waals surface area contributed by atoms with Gasteiger partial charge in [-0.1, -0.05) is 45.2 Å². The Hall–Kier alpha value is -0.680. The molecule has 2 aromatic carbocycles. The molecule has 1 atom stereocenters. The molecule has 0 heterocycles. The van der Waals surface area contributed by atoms with Crippen LogP contribution in [0.1, 0.15) is 10.4 Å². The molecule has 2 aromatic rings. The topological polar surface area (TPSA) is 34.1 Å². The first-order valence-electron chi connectivity index (χ1n) is 5.59. The van der Waals surface area contributed by atoms with Crippen molar-refractivity contribution in [2.45, 2.75) is 4.90 Å². The molecule has 6 heteroatoms. The summed E-state index contributed by atoms with van der Waals surface area (Å²) in [6.45, 7) is 0. The van der Waals surface area contributed by atoms with Crippen LogP contribution in [0.4, 0.5) is 0 Å². The van der Waals surface area contributed by atoms with E-state index in [2.05, 4.69) is 15.9 Å². The van der Waals surface area contributed by atoms with Gasteiger partial charge in [0.2, 0.25) is 0 Å². The molecule has 2 rings (SSSR count). The van der Waals surface area contributed by atoms with E-state index in [-0.39, 0.29) is 11.5 Å². The largest absolute Gasteiger partial charge is 0.293 e. The Morgan fingerprint density at radius 1 is 1.15 bits per heavy atom. The Bertz CT molecular complexity index is 689. The molecule has 0 spiro atoms. The lowest BCUT2D eigenvalue weighted by atomic mass is 10.1. The van der Waals surface area contributed by atoms with Gasteiger partial charge in [0.15, 0.2) is 5.78 Å². The fourth-order valence-corrected chi connectivity index (χ4v) is 3.59. The lowest BCUT2D eigenvalue weighted by molar-refractivity contribution is 0.102. The van der Waals surface area contributed by atoms with Gasteiger partial charge in [-0.25, -0.2) is 0 Å². The first kappa shape index (κ1) is 15.7. The van der Waals surface area contributed by atoms with E-state index in [0.717, 1.165) is 4.47 Å². The predicted octanol–water partition coefficient (Wildman–Crippen LogP) is 4.75. The molecule has 2 nitrogen and oxygen atoms in total. The minimum atomic E-state index is -1.42. The molecular formula is C14H9BrCl2O2S. The highest BCUT2D eigenvalue weighted by molar-refractivity contribution is 9.10. The summed E-state index contributed by atoms with van der Waals surface area (Å²) in [5.74, 6) is -0.424. The third kappa shape index (κ3) is 3.92. The van der Waals surface area contributed by atoms with Gasteiger partial charge in [-0.15, -0.1) is 0 Å². The zero-order valence-corrected chi connectivity index (χ0v) is 14.0. The van der Waals surface area contributed by atoms with Crippen molar-refractivity contribution in [3.63, 3.8) is 0 Å². The van der Waals surface area contributed by atoms with E-state index in [1.165, 1.54) is 6.07 Å². The first-order chi connectivity index (χ1) is 9.47. The molecule has 0 saturated heterocycles. The van der Waals surface area contributed by atoms with E-state index >= 15 is 0 Å². The number of halogens is 3. The van der Waals surface area contributed by atoms with Crippen molar-refractivity contribution in [1.29, 1.82) is 0 Å². The minimum absolute atomic E-state index is 0.128. The predicted molar refractivity (Wildman–Crippen MR) is 86.2 cm³/mol. The van der Waals surface area contributed by atoms with Crippen molar-refractivity contribution in [3.8, 4) is 0 Å². The van der Waals surface area contributed by atoms with Gasteiger partial charge in [0, 0.05) is 20.0 Å². The lowest BCUT2D eigenvalue weighted by Crippen LogP contribution is -2.11.